The molecule has 0 spiro atoms. The molecule has 0 aliphatic heterocycles. The summed E-state index contributed by atoms with van der Waals surface area (Å²) in [5, 5.41) is 0. The highest BCUT2D eigenvalue weighted by molar-refractivity contribution is 5.22. The van der Waals surface area contributed by atoms with Gasteiger partial charge in [-0.3, -0.25) is 0 Å². The molecule has 0 aliphatic rings. The average Bonchev–Trinajstić information content (AvgIpc) is 2.04. The van der Waals surface area contributed by atoms with Crippen LogP contribution in [0.5, 0.6) is 0 Å². The first-order valence-corrected chi connectivity index (χ1v) is 3.63. The molecule has 0 nitrogen and oxygen atoms in total. The van der Waals surface area contributed by atoms with Crippen molar-refractivity contribution in [3.05, 3.63) is 49.1 Å². The van der Waals surface area contributed by atoms with E-state index in [-0.39, 0.29) is 0 Å². The second-order valence-corrected chi connectivity index (χ2v) is 2.21. The van der Waals surface area contributed by atoms with Gasteiger partial charge in [0.1, 0.15) is 0 Å². The van der Waals surface area contributed by atoms with Crippen molar-refractivity contribution in [3.8, 4) is 0 Å². The average molecular weight is 150 g/mol. The standard InChI is InChI=1S/C9H14.C2H4/c1-5-9(4)7-6-8(2)3;1-2/h5-7H,2H2,1,3-4H3;1-2H2/b7-6-,9-5-;. The zero-order chi connectivity index (χ0) is 9.28. The Morgan fingerprint density at radius 3 is 1.82 bits per heavy atom. The first-order valence-electron chi connectivity index (χ1n) is 3.63. The number of rotatable bonds is 2. The monoisotopic (exact) mass is 150 g/mol. The topological polar surface area (TPSA) is 0 Å². The van der Waals surface area contributed by atoms with E-state index in [2.05, 4.69) is 38.8 Å². The van der Waals surface area contributed by atoms with Gasteiger partial charge in [-0.05, 0) is 20.8 Å². The highest BCUT2D eigenvalue weighted by Crippen LogP contribution is 1.97. The molecule has 0 aromatic rings. The molecule has 0 radical (unpaired) electrons. The molecule has 0 atom stereocenters. The predicted octanol–water partition coefficient (Wildman–Crippen LogP) is 3.89. The van der Waals surface area contributed by atoms with Gasteiger partial charge >= 0.3 is 0 Å². The summed E-state index contributed by atoms with van der Waals surface area (Å²) in [6.07, 6.45) is 6.14. The van der Waals surface area contributed by atoms with Crippen LogP contribution in [0.2, 0.25) is 0 Å². The second kappa shape index (κ2) is 8.96. The van der Waals surface area contributed by atoms with Crippen LogP contribution < -0.4 is 0 Å². The minimum Gasteiger partial charge on any atom is -0.106 e. The van der Waals surface area contributed by atoms with Gasteiger partial charge in [0, 0.05) is 0 Å². The Kier molecular flexibility index (Phi) is 10.3. The van der Waals surface area contributed by atoms with Gasteiger partial charge in [-0.15, -0.1) is 13.2 Å². The quantitative estimate of drug-likeness (QED) is 0.414. The van der Waals surface area contributed by atoms with E-state index in [1.165, 1.54) is 5.57 Å². The van der Waals surface area contributed by atoms with E-state index in [4.69, 9.17) is 0 Å². The van der Waals surface area contributed by atoms with Gasteiger partial charge in [0.05, 0.1) is 0 Å². The van der Waals surface area contributed by atoms with Crippen molar-refractivity contribution in [1.82, 2.24) is 0 Å². The molecule has 0 heterocycles. The van der Waals surface area contributed by atoms with Gasteiger partial charge in [0.15, 0.2) is 0 Å². The van der Waals surface area contributed by atoms with E-state index in [0.717, 1.165) is 5.57 Å². The van der Waals surface area contributed by atoms with Crippen LogP contribution in [-0.2, 0) is 0 Å². The minimum absolute atomic E-state index is 1.09. The lowest BCUT2D eigenvalue weighted by Gasteiger charge is -1.86. The van der Waals surface area contributed by atoms with E-state index >= 15 is 0 Å². The SMILES string of the molecule is C=C.C=C(C)/C=C\C(C)=C/C. The molecular formula is C11H18. The van der Waals surface area contributed by atoms with Crippen LogP contribution in [0, 0.1) is 0 Å². The first kappa shape index (κ1) is 12.6. The van der Waals surface area contributed by atoms with Crippen LogP contribution in [-0.4, -0.2) is 0 Å². The number of allylic oxidation sites excluding steroid dienone is 5. The third-order valence-corrected chi connectivity index (χ3v) is 1.09. The maximum atomic E-state index is 3.75. The van der Waals surface area contributed by atoms with E-state index in [1.807, 2.05) is 19.9 Å². The molecular weight excluding hydrogens is 132 g/mol. The van der Waals surface area contributed by atoms with Crippen LogP contribution in [0.25, 0.3) is 0 Å². The maximum absolute atomic E-state index is 3.75. The summed E-state index contributed by atoms with van der Waals surface area (Å²) in [7, 11) is 0. The Balaban J connectivity index is 0. The Labute approximate surface area is 70.6 Å². The van der Waals surface area contributed by atoms with Crippen molar-refractivity contribution in [2.45, 2.75) is 20.8 Å². The summed E-state index contributed by atoms with van der Waals surface area (Å²) >= 11 is 0. The van der Waals surface area contributed by atoms with Crippen LogP contribution >= 0.6 is 0 Å². The highest BCUT2D eigenvalue weighted by Gasteiger charge is 1.75. The van der Waals surface area contributed by atoms with Crippen LogP contribution in [0.4, 0.5) is 0 Å². The fraction of sp³-hybridized carbons (Fsp3) is 0.273. The van der Waals surface area contributed by atoms with Gasteiger partial charge in [-0.2, -0.15) is 0 Å². The lowest BCUT2D eigenvalue weighted by atomic mass is 10.2. The van der Waals surface area contributed by atoms with E-state index in [1.54, 1.807) is 0 Å². The molecule has 0 rings (SSSR count). The molecule has 0 fully saturated rings. The molecule has 0 unspecified atom stereocenters. The zero-order valence-electron chi connectivity index (χ0n) is 7.85. The van der Waals surface area contributed by atoms with Crippen LogP contribution in [0.1, 0.15) is 20.8 Å². The summed E-state index contributed by atoms with van der Waals surface area (Å²) in [6, 6.07) is 0. The van der Waals surface area contributed by atoms with Crippen molar-refractivity contribution in [2.75, 3.05) is 0 Å². The molecule has 0 aromatic heterocycles. The third-order valence-electron chi connectivity index (χ3n) is 1.09. The lowest BCUT2D eigenvalue weighted by molar-refractivity contribution is 1.45. The van der Waals surface area contributed by atoms with Crippen molar-refractivity contribution >= 4 is 0 Å². The maximum Gasteiger partial charge on any atom is -0.0401 e. The van der Waals surface area contributed by atoms with Gasteiger partial charge < -0.3 is 0 Å². The molecule has 0 bridgehead atoms. The third kappa shape index (κ3) is 12.2. The van der Waals surface area contributed by atoms with Gasteiger partial charge in [0.2, 0.25) is 0 Å². The Morgan fingerprint density at radius 1 is 1.09 bits per heavy atom. The van der Waals surface area contributed by atoms with E-state index < -0.39 is 0 Å². The molecule has 11 heavy (non-hydrogen) atoms. The summed E-state index contributed by atoms with van der Waals surface area (Å²) < 4.78 is 0. The largest absolute Gasteiger partial charge is 0.106 e. The lowest BCUT2D eigenvalue weighted by Crippen LogP contribution is -1.65. The molecule has 0 amide bonds. The summed E-state index contributed by atoms with van der Waals surface area (Å²) in [6.45, 7) is 15.8. The Morgan fingerprint density at radius 2 is 1.55 bits per heavy atom. The van der Waals surface area contributed by atoms with Crippen molar-refractivity contribution in [3.63, 3.8) is 0 Å². The molecule has 0 heteroatoms. The van der Waals surface area contributed by atoms with Gasteiger partial charge in [-0.1, -0.05) is 36.0 Å². The second-order valence-electron chi connectivity index (χ2n) is 2.21. The van der Waals surface area contributed by atoms with Crippen LogP contribution in [0.15, 0.2) is 49.1 Å². The highest BCUT2D eigenvalue weighted by atomic mass is 13.8. The Bertz CT molecular complexity index is 159. The molecule has 0 saturated heterocycles. The van der Waals surface area contributed by atoms with Crippen LogP contribution in [0.3, 0.4) is 0 Å². The molecule has 62 valence electrons. The number of hydrogen-bond acceptors (Lipinski definition) is 0. The fourth-order valence-corrected chi connectivity index (χ4v) is 0.370. The smallest absolute Gasteiger partial charge is 0.0401 e. The summed E-state index contributed by atoms with van der Waals surface area (Å²) in [5.41, 5.74) is 2.37. The van der Waals surface area contributed by atoms with E-state index in [9.17, 15) is 0 Å². The molecule has 0 aromatic carbocycles. The van der Waals surface area contributed by atoms with E-state index in [0.29, 0.717) is 0 Å². The first-order chi connectivity index (χ1) is 5.16. The zero-order valence-corrected chi connectivity index (χ0v) is 7.85. The van der Waals surface area contributed by atoms with Gasteiger partial charge in [-0.25, -0.2) is 0 Å². The van der Waals surface area contributed by atoms with Gasteiger partial charge in [0.25, 0.3) is 0 Å². The number of hydrogen-bond donors (Lipinski definition) is 0. The molecule has 0 N–H and O–H groups in total. The fourth-order valence-electron chi connectivity index (χ4n) is 0.370. The molecule has 0 aliphatic carbocycles. The molecule has 0 saturated carbocycles. The summed E-state index contributed by atoms with van der Waals surface area (Å²) in [4.78, 5) is 0. The Hall–Kier alpha value is -1.04. The summed E-state index contributed by atoms with van der Waals surface area (Å²) in [5.74, 6) is 0. The van der Waals surface area contributed by atoms with Crippen molar-refractivity contribution in [1.29, 1.82) is 0 Å². The minimum atomic E-state index is 1.09. The predicted molar refractivity (Wildman–Crippen MR) is 54.6 cm³/mol. The van der Waals surface area contributed by atoms with Crippen molar-refractivity contribution < 1.29 is 0 Å². The normalized spacial score (nSPS) is 10.6. The van der Waals surface area contributed by atoms with Crippen molar-refractivity contribution in [2.24, 2.45) is 0 Å².